The van der Waals surface area contributed by atoms with Gasteiger partial charge in [0.1, 0.15) is 0 Å². The predicted molar refractivity (Wildman–Crippen MR) is 159 cm³/mol. The molecule has 0 fully saturated rings. The zero-order chi connectivity index (χ0) is 27.2. The van der Waals surface area contributed by atoms with Gasteiger partial charge in [-0.15, -0.1) is 0 Å². The Morgan fingerprint density at radius 2 is 0.528 bits per heavy atom. The summed E-state index contributed by atoms with van der Waals surface area (Å²) in [6.07, 6.45) is 0. The van der Waals surface area contributed by atoms with Crippen LogP contribution in [-0.2, 0) is 10.8 Å². The fourth-order valence-electron chi connectivity index (χ4n) is 8.42. The Hall–Kier alpha value is -2.34. The number of hydrogen-bond donors (Lipinski definition) is 0. The van der Waals surface area contributed by atoms with Crippen molar-refractivity contribution in [2.24, 2.45) is 21.7 Å². The molecule has 0 aliphatic carbocycles. The van der Waals surface area contributed by atoms with Crippen molar-refractivity contribution in [1.82, 2.24) is 0 Å². The minimum Gasteiger partial charge on any atom is -0.0622 e. The lowest BCUT2D eigenvalue weighted by Gasteiger charge is -2.60. The number of hydrogen-bond acceptors (Lipinski definition) is 0. The SMILES string of the molecule is CC(C)(C)C(c1ccccc1)(c1ccccc1C(c1ccccc1)(C(C)(C)C)C(C)(C)C)C(C)(C)C. The summed E-state index contributed by atoms with van der Waals surface area (Å²) in [6, 6.07) is 31.9. The Balaban J connectivity index is 2.67. The fraction of sp³-hybridized carbons (Fsp3) is 0.500. The summed E-state index contributed by atoms with van der Waals surface area (Å²) in [5.41, 5.74) is 5.06. The van der Waals surface area contributed by atoms with Gasteiger partial charge in [-0.2, -0.15) is 0 Å². The van der Waals surface area contributed by atoms with Gasteiger partial charge in [0.15, 0.2) is 0 Å². The molecule has 0 amide bonds. The van der Waals surface area contributed by atoms with Crippen molar-refractivity contribution < 1.29 is 0 Å². The highest BCUT2D eigenvalue weighted by molar-refractivity contribution is 5.55. The van der Waals surface area contributed by atoms with Crippen LogP contribution < -0.4 is 0 Å². The van der Waals surface area contributed by atoms with Crippen LogP contribution in [0.3, 0.4) is 0 Å². The van der Waals surface area contributed by atoms with E-state index >= 15 is 0 Å². The van der Waals surface area contributed by atoms with Gasteiger partial charge in [0.2, 0.25) is 0 Å². The van der Waals surface area contributed by atoms with Crippen LogP contribution in [-0.4, -0.2) is 0 Å². The zero-order valence-corrected chi connectivity index (χ0v) is 25.1. The van der Waals surface area contributed by atoms with Gasteiger partial charge in [-0.1, -0.05) is 168 Å². The summed E-state index contributed by atoms with van der Waals surface area (Å²) in [5.74, 6) is 0. The molecule has 0 aliphatic rings. The Morgan fingerprint density at radius 3 is 0.750 bits per heavy atom. The molecule has 0 saturated heterocycles. The molecule has 0 aliphatic heterocycles. The van der Waals surface area contributed by atoms with Gasteiger partial charge < -0.3 is 0 Å². The second-order valence-electron chi connectivity index (χ2n) is 14.8. The normalized spacial score (nSPS) is 14.1. The maximum absolute atomic E-state index is 2.44. The van der Waals surface area contributed by atoms with Crippen LogP contribution in [0.5, 0.6) is 0 Å². The van der Waals surface area contributed by atoms with Gasteiger partial charge in [0.25, 0.3) is 0 Å². The van der Waals surface area contributed by atoms with E-state index in [9.17, 15) is 0 Å². The first-order valence-corrected chi connectivity index (χ1v) is 13.6. The molecule has 36 heavy (non-hydrogen) atoms. The summed E-state index contributed by atoms with van der Waals surface area (Å²) < 4.78 is 0. The van der Waals surface area contributed by atoms with Gasteiger partial charge in [-0.3, -0.25) is 0 Å². The smallest absolute Gasteiger partial charge is 0.0302 e. The van der Waals surface area contributed by atoms with Gasteiger partial charge in [-0.05, 0) is 43.9 Å². The van der Waals surface area contributed by atoms with Crippen LogP contribution in [0.1, 0.15) is 105 Å². The van der Waals surface area contributed by atoms with Crippen molar-refractivity contribution in [2.45, 2.75) is 93.9 Å². The third-order valence-corrected chi connectivity index (χ3v) is 8.65. The Bertz CT molecular complexity index is 1010. The molecule has 0 N–H and O–H groups in total. The average molecular weight is 483 g/mol. The molecule has 0 heteroatoms. The second kappa shape index (κ2) is 9.20. The standard InChI is InChI=1S/C36H50/c1-31(2,3)35(32(4,5)6,27-21-15-13-16-22-27)29-25-19-20-26-30(29)36(33(7,8)9,34(10,11)12)28-23-17-14-18-24-28/h13-26H,1-12H3. The van der Waals surface area contributed by atoms with E-state index < -0.39 is 0 Å². The van der Waals surface area contributed by atoms with Crippen LogP contribution in [0.2, 0.25) is 0 Å². The topological polar surface area (TPSA) is 0 Å². The van der Waals surface area contributed by atoms with E-state index in [1.54, 1.807) is 0 Å². The van der Waals surface area contributed by atoms with E-state index in [-0.39, 0.29) is 32.5 Å². The zero-order valence-electron chi connectivity index (χ0n) is 25.1. The molecule has 0 bridgehead atoms. The third-order valence-electron chi connectivity index (χ3n) is 8.65. The quantitative estimate of drug-likeness (QED) is 0.347. The van der Waals surface area contributed by atoms with Crippen molar-refractivity contribution in [1.29, 1.82) is 0 Å². The Morgan fingerprint density at radius 1 is 0.306 bits per heavy atom. The molecule has 0 atom stereocenters. The van der Waals surface area contributed by atoms with E-state index in [1.807, 2.05) is 0 Å². The second-order valence-corrected chi connectivity index (χ2v) is 14.8. The first kappa shape index (κ1) is 28.2. The van der Waals surface area contributed by atoms with Crippen molar-refractivity contribution in [3.05, 3.63) is 107 Å². The summed E-state index contributed by atoms with van der Waals surface area (Å²) in [4.78, 5) is 0. The third kappa shape index (κ3) is 4.15. The number of rotatable bonds is 4. The lowest BCUT2D eigenvalue weighted by atomic mass is 9.43. The average Bonchev–Trinajstić information content (AvgIpc) is 2.73. The molecule has 0 saturated carbocycles. The molecule has 0 heterocycles. The molecular formula is C36H50. The van der Waals surface area contributed by atoms with Crippen molar-refractivity contribution >= 4 is 0 Å². The highest BCUT2D eigenvalue weighted by Gasteiger charge is 2.59. The molecule has 3 rings (SSSR count). The van der Waals surface area contributed by atoms with Gasteiger partial charge in [0, 0.05) is 10.8 Å². The number of benzene rings is 3. The van der Waals surface area contributed by atoms with Gasteiger partial charge in [-0.25, -0.2) is 0 Å². The maximum atomic E-state index is 2.44. The fourth-order valence-corrected chi connectivity index (χ4v) is 8.42. The molecule has 0 radical (unpaired) electrons. The van der Waals surface area contributed by atoms with E-state index in [0.717, 1.165) is 0 Å². The monoisotopic (exact) mass is 482 g/mol. The Kier molecular flexibility index (Phi) is 7.21. The van der Waals surface area contributed by atoms with Crippen LogP contribution >= 0.6 is 0 Å². The molecular weight excluding hydrogens is 432 g/mol. The van der Waals surface area contributed by atoms with E-state index in [0.29, 0.717) is 0 Å². The van der Waals surface area contributed by atoms with Crippen molar-refractivity contribution in [3.63, 3.8) is 0 Å². The lowest BCUT2D eigenvalue weighted by Crippen LogP contribution is -2.56. The summed E-state index contributed by atoms with van der Waals surface area (Å²) >= 11 is 0. The minimum atomic E-state index is -0.228. The highest BCUT2D eigenvalue weighted by Crippen LogP contribution is 2.64. The molecule has 0 aromatic heterocycles. The van der Waals surface area contributed by atoms with Crippen molar-refractivity contribution in [3.8, 4) is 0 Å². The Labute approximate surface area is 222 Å². The molecule has 0 unspecified atom stereocenters. The van der Waals surface area contributed by atoms with Crippen molar-refractivity contribution in [2.75, 3.05) is 0 Å². The van der Waals surface area contributed by atoms with Crippen LogP contribution in [0, 0.1) is 21.7 Å². The first-order valence-electron chi connectivity index (χ1n) is 13.6. The molecule has 3 aromatic rings. The van der Waals surface area contributed by atoms with E-state index in [4.69, 9.17) is 0 Å². The summed E-state index contributed by atoms with van der Waals surface area (Å²) in [7, 11) is 0. The predicted octanol–water partition coefficient (Wildman–Crippen LogP) is 10.4. The molecule has 0 nitrogen and oxygen atoms in total. The van der Waals surface area contributed by atoms with E-state index in [1.165, 1.54) is 22.3 Å². The maximum Gasteiger partial charge on any atom is 0.0302 e. The summed E-state index contributed by atoms with van der Waals surface area (Å²) in [6.45, 7) is 29.2. The van der Waals surface area contributed by atoms with Crippen LogP contribution in [0.15, 0.2) is 84.9 Å². The lowest BCUT2D eigenvalue weighted by molar-refractivity contribution is 0.0678. The van der Waals surface area contributed by atoms with Gasteiger partial charge >= 0.3 is 0 Å². The largest absolute Gasteiger partial charge is 0.0622 e. The van der Waals surface area contributed by atoms with Crippen LogP contribution in [0.25, 0.3) is 0 Å². The highest BCUT2D eigenvalue weighted by atomic mass is 14.6. The molecule has 0 spiro atoms. The molecule has 3 aromatic carbocycles. The van der Waals surface area contributed by atoms with E-state index in [2.05, 4.69) is 168 Å². The first-order chi connectivity index (χ1) is 16.4. The molecule has 194 valence electrons. The summed E-state index contributed by atoms with van der Waals surface area (Å²) in [5, 5.41) is 0. The van der Waals surface area contributed by atoms with Gasteiger partial charge in [0.05, 0.1) is 0 Å². The minimum absolute atomic E-state index is 0.0408. The van der Waals surface area contributed by atoms with Crippen LogP contribution in [0.4, 0.5) is 0 Å².